The van der Waals surface area contributed by atoms with Crippen LogP contribution < -0.4 is 5.90 Å². The summed E-state index contributed by atoms with van der Waals surface area (Å²) in [4.78, 5) is 4.65. The van der Waals surface area contributed by atoms with Gasteiger partial charge in [-0.3, -0.25) is 4.84 Å². The molecule has 2 N–H and O–H groups in total. The van der Waals surface area contributed by atoms with E-state index < -0.39 is 10.0 Å². The summed E-state index contributed by atoms with van der Waals surface area (Å²) >= 11 is 1.22. The molecule has 0 saturated carbocycles. The molecule has 1 aromatic rings. The van der Waals surface area contributed by atoms with Gasteiger partial charge in [-0.1, -0.05) is 6.07 Å². The van der Waals surface area contributed by atoms with E-state index in [0.717, 1.165) is 0 Å². The van der Waals surface area contributed by atoms with E-state index in [4.69, 9.17) is 5.90 Å². The number of thiophene rings is 1. The van der Waals surface area contributed by atoms with Crippen LogP contribution in [0.2, 0.25) is 0 Å². The van der Waals surface area contributed by atoms with Crippen molar-refractivity contribution in [1.29, 1.82) is 0 Å². The lowest BCUT2D eigenvalue weighted by molar-refractivity contribution is 0.0642. The van der Waals surface area contributed by atoms with Crippen LogP contribution in [0.25, 0.3) is 0 Å². The Bertz CT molecular complexity index is 415. The Morgan fingerprint density at radius 1 is 1.60 bits per heavy atom. The van der Waals surface area contributed by atoms with Crippen molar-refractivity contribution < 1.29 is 13.3 Å². The Balaban J connectivity index is 2.18. The quantitative estimate of drug-likeness (QED) is 0.786. The maximum absolute atomic E-state index is 12.0. The second-order valence-electron chi connectivity index (χ2n) is 3.34. The monoisotopic (exact) mass is 248 g/mol. The van der Waals surface area contributed by atoms with E-state index in [1.165, 1.54) is 15.6 Å². The molecule has 2 rings (SSSR count). The van der Waals surface area contributed by atoms with Gasteiger partial charge in [0.15, 0.2) is 0 Å². The van der Waals surface area contributed by atoms with Crippen LogP contribution in [0, 0.1) is 0 Å². The van der Waals surface area contributed by atoms with Crippen LogP contribution in [0.1, 0.15) is 6.42 Å². The minimum absolute atomic E-state index is 0.181. The molecule has 1 unspecified atom stereocenters. The fourth-order valence-electron chi connectivity index (χ4n) is 1.56. The van der Waals surface area contributed by atoms with Crippen LogP contribution in [0.15, 0.2) is 21.7 Å². The molecule has 0 spiro atoms. The topological polar surface area (TPSA) is 72.6 Å². The van der Waals surface area contributed by atoms with E-state index in [1.807, 2.05) is 0 Å². The SMILES string of the molecule is NOC1CCN(S(=O)(=O)c2cccs2)C1. The standard InChI is InChI=1S/C8H12N2O3S2/c9-13-7-3-4-10(6-7)15(11,12)8-2-1-5-14-8/h1-2,5,7H,3-4,6,9H2. The van der Waals surface area contributed by atoms with E-state index in [0.29, 0.717) is 23.7 Å². The van der Waals surface area contributed by atoms with Crippen molar-refractivity contribution >= 4 is 21.4 Å². The van der Waals surface area contributed by atoms with E-state index >= 15 is 0 Å². The second-order valence-corrected chi connectivity index (χ2v) is 6.45. The molecular weight excluding hydrogens is 236 g/mol. The smallest absolute Gasteiger partial charge is 0.252 e. The summed E-state index contributed by atoms with van der Waals surface area (Å²) in [6, 6.07) is 3.33. The summed E-state index contributed by atoms with van der Waals surface area (Å²) < 4.78 is 25.8. The summed E-state index contributed by atoms with van der Waals surface area (Å²) in [6.07, 6.45) is 0.473. The van der Waals surface area contributed by atoms with Crippen molar-refractivity contribution in [3.8, 4) is 0 Å². The maximum Gasteiger partial charge on any atom is 0.252 e. The van der Waals surface area contributed by atoms with Crippen molar-refractivity contribution in [2.24, 2.45) is 5.90 Å². The molecule has 2 heterocycles. The van der Waals surface area contributed by atoms with Crippen LogP contribution in [0.4, 0.5) is 0 Å². The number of hydrogen-bond donors (Lipinski definition) is 1. The molecule has 84 valence electrons. The maximum atomic E-state index is 12.0. The Labute approximate surface area is 92.5 Å². The molecule has 1 atom stereocenters. The minimum Gasteiger partial charge on any atom is -0.300 e. The lowest BCUT2D eigenvalue weighted by Gasteiger charge is -2.14. The van der Waals surface area contributed by atoms with Crippen LogP contribution in [0.5, 0.6) is 0 Å². The first-order valence-electron chi connectivity index (χ1n) is 4.54. The van der Waals surface area contributed by atoms with Crippen molar-refractivity contribution in [3.63, 3.8) is 0 Å². The van der Waals surface area contributed by atoms with E-state index in [2.05, 4.69) is 4.84 Å². The molecule has 1 aromatic heterocycles. The molecule has 1 saturated heterocycles. The van der Waals surface area contributed by atoms with Crippen LogP contribution >= 0.6 is 11.3 Å². The molecule has 1 aliphatic heterocycles. The molecular formula is C8H12N2O3S2. The third-order valence-electron chi connectivity index (χ3n) is 2.39. The van der Waals surface area contributed by atoms with Gasteiger partial charge in [0.2, 0.25) is 0 Å². The lowest BCUT2D eigenvalue weighted by Crippen LogP contribution is -2.30. The zero-order chi connectivity index (χ0) is 10.9. The van der Waals surface area contributed by atoms with Gasteiger partial charge in [-0.05, 0) is 17.9 Å². The third kappa shape index (κ3) is 2.06. The highest BCUT2D eigenvalue weighted by Gasteiger charge is 2.33. The van der Waals surface area contributed by atoms with Crippen LogP contribution in [-0.4, -0.2) is 31.9 Å². The summed E-state index contributed by atoms with van der Waals surface area (Å²) in [7, 11) is -3.32. The predicted octanol–water partition coefficient (Wildman–Crippen LogP) is 0.401. The number of sulfonamides is 1. The first-order valence-corrected chi connectivity index (χ1v) is 6.86. The van der Waals surface area contributed by atoms with Gasteiger partial charge < -0.3 is 0 Å². The first-order chi connectivity index (χ1) is 7.14. The third-order valence-corrected chi connectivity index (χ3v) is 5.63. The van der Waals surface area contributed by atoms with Gasteiger partial charge in [0, 0.05) is 13.1 Å². The Kier molecular flexibility index (Phi) is 3.08. The lowest BCUT2D eigenvalue weighted by atomic mass is 10.3. The van der Waals surface area contributed by atoms with Gasteiger partial charge in [-0.25, -0.2) is 14.3 Å². The number of rotatable bonds is 3. The van der Waals surface area contributed by atoms with Gasteiger partial charge in [-0.15, -0.1) is 11.3 Å². The number of hydrogen-bond acceptors (Lipinski definition) is 5. The fraction of sp³-hybridized carbons (Fsp3) is 0.500. The molecule has 7 heteroatoms. The fourth-order valence-corrected chi connectivity index (χ4v) is 4.20. The minimum atomic E-state index is -3.32. The molecule has 5 nitrogen and oxygen atoms in total. The highest BCUT2D eigenvalue weighted by atomic mass is 32.2. The van der Waals surface area contributed by atoms with Gasteiger partial charge >= 0.3 is 0 Å². The second kappa shape index (κ2) is 4.18. The molecule has 15 heavy (non-hydrogen) atoms. The molecule has 1 aliphatic rings. The van der Waals surface area contributed by atoms with Crippen LogP contribution in [0.3, 0.4) is 0 Å². The Hall–Kier alpha value is -0.470. The summed E-state index contributed by atoms with van der Waals surface area (Å²) in [5, 5.41) is 1.75. The predicted molar refractivity (Wildman–Crippen MR) is 56.8 cm³/mol. The van der Waals surface area contributed by atoms with Crippen LogP contribution in [-0.2, 0) is 14.9 Å². The largest absolute Gasteiger partial charge is 0.300 e. The summed E-state index contributed by atoms with van der Waals surface area (Å²) in [6.45, 7) is 0.818. The zero-order valence-corrected chi connectivity index (χ0v) is 9.63. The van der Waals surface area contributed by atoms with E-state index in [1.54, 1.807) is 17.5 Å². The van der Waals surface area contributed by atoms with Crippen molar-refractivity contribution in [2.45, 2.75) is 16.7 Å². The zero-order valence-electron chi connectivity index (χ0n) is 8.00. The van der Waals surface area contributed by atoms with Crippen molar-refractivity contribution in [3.05, 3.63) is 17.5 Å². The molecule has 1 fully saturated rings. The average molecular weight is 248 g/mol. The Morgan fingerprint density at radius 2 is 2.40 bits per heavy atom. The summed E-state index contributed by atoms with van der Waals surface area (Å²) in [5.41, 5.74) is 0. The van der Waals surface area contributed by atoms with Gasteiger partial charge in [0.1, 0.15) is 4.21 Å². The highest BCUT2D eigenvalue weighted by Crippen LogP contribution is 2.24. The highest BCUT2D eigenvalue weighted by molar-refractivity contribution is 7.91. The number of nitrogens with zero attached hydrogens (tertiary/aromatic N) is 1. The molecule has 0 aromatic carbocycles. The Morgan fingerprint density at radius 3 is 2.93 bits per heavy atom. The molecule has 0 aliphatic carbocycles. The molecule has 0 bridgehead atoms. The first kappa shape index (κ1) is 11.0. The van der Waals surface area contributed by atoms with Gasteiger partial charge in [0.25, 0.3) is 10.0 Å². The van der Waals surface area contributed by atoms with Gasteiger partial charge in [-0.2, -0.15) is 4.31 Å². The van der Waals surface area contributed by atoms with E-state index in [9.17, 15) is 8.42 Å². The van der Waals surface area contributed by atoms with Crippen molar-refractivity contribution in [1.82, 2.24) is 4.31 Å². The van der Waals surface area contributed by atoms with Crippen molar-refractivity contribution in [2.75, 3.05) is 13.1 Å². The molecule has 0 radical (unpaired) electrons. The number of nitrogens with two attached hydrogens (primary N) is 1. The van der Waals surface area contributed by atoms with Gasteiger partial charge in [0.05, 0.1) is 6.10 Å². The molecule has 0 amide bonds. The average Bonchev–Trinajstić information content (AvgIpc) is 2.89. The van der Waals surface area contributed by atoms with E-state index in [-0.39, 0.29) is 6.10 Å². The summed E-state index contributed by atoms with van der Waals surface area (Å²) in [5.74, 6) is 5.04. The normalized spacial score (nSPS) is 23.4.